The second kappa shape index (κ2) is 6.40. The number of carbonyl (C=O) groups excluding carboxylic acids is 1. The predicted molar refractivity (Wildman–Crippen MR) is 68.5 cm³/mol. The topological polar surface area (TPSA) is 38.8 Å². The minimum Gasteiger partial charge on any atom is -0.490 e. The SMILES string of the molecule is COC(=O)CN1CCC(Oc2ccccc2)CC1. The number of nitrogens with zero attached hydrogens (tertiary/aromatic N) is 1. The number of para-hydroxylation sites is 1. The lowest BCUT2D eigenvalue weighted by Crippen LogP contribution is -2.41. The summed E-state index contributed by atoms with van der Waals surface area (Å²) in [5.74, 6) is 0.751. The molecule has 0 unspecified atom stereocenters. The minimum atomic E-state index is -0.169. The molecule has 1 saturated heterocycles. The van der Waals surface area contributed by atoms with Gasteiger partial charge in [-0.15, -0.1) is 0 Å². The molecule has 1 aromatic carbocycles. The number of likely N-dealkylation sites (tertiary alicyclic amines) is 1. The fourth-order valence-electron chi connectivity index (χ4n) is 2.12. The Bertz CT molecular complexity index is 372. The molecule has 4 nitrogen and oxygen atoms in total. The highest BCUT2D eigenvalue weighted by Gasteiger charge is 2.22. The van der Waals surface area contributed by atoms with Crippen LogP contribution in [0.25, 0.3) is 0 Å². The number of esters is 1. The summed E-state index contributed by atoms with van der Waals surface area (Å²) in [6.45, 7) is 2.15. The van der Waals surface area contributed by atoms with Crippen LogP contribution in [0.15, 0.2) is 30.3 Å². The normalized spacial score (nSPS) is 17.4. The van der Waals surface area contributed by atoms with E-state index < -0.39 is 0 Å². The Hall–Kier alpha value is -1.55. The molecule has 98 valence electrons. The second-order valence-corrected chi connectivity index (χ2v) is 4.48. The summed E-state index contributed by atoms with van der Waals surface area (Å²) >= 11 is 0. The highest BCUT2D eigenvalue weighted by Crippen LogP contribution is 2.18. The number of hydrogen-bond donors (Lipinski definition) is 0. The molecule has 18 heavy (non-hydrogen) atoms. The van der Waals surface area contributed by atoms with E-state index in [-0.39, 0.29) is 12.1 Å². The quantitative estimate of drug-likeness (QED) is 0.761. The minimum absolute atomic E-state index is 0.169. The number of carbonyl (C=O) groups is 1. The molecular formula is C14H19NO3. The van der Waals surface area contributed by atoms with Gasteiger partial charge in [-0.3, -0.25) is 9.69 Å². The third-order valence-corrected chi connectivity index (χ3v) is 3.16. The number of rotatable bonds is 4. The van der Waals surface area contributed by atoms with Gasteiger partial charge in [-0.05, 0) is 25.0 Å². The van der Waals surface area contributed by atoms with E-state index in [0.29, 0.717) is 6.54 Å². The van der Waals surface area contributed by atoms with Crippen LogP contribution in [-0.4, -0.2) is 43.7 Å². The van der Waals surface area contributed by atoms with Crippen LogP contribution in [0.2, 0.25) is 0 Å². The Kier molecular flexibility index (Phi) is 4.59. The zero-order valence-corrected chi connectivity index (χ0v) is 10.7. The van der Waals surface area contributed by atoms with Crippen molar-refractivity contribution in [2.75, 3.05) is 26.7 Å². The Balaban J connectivity index is 1.75. The zero-order valence-electron chi connectivity index (χ0n) is 10.7. The maximum Gasteiger partial charge on any atom is 0.319 e. The van der Waals surface area contributed by atoms with E-state index >= 15 is 0 Å². The highest BCUT2D eigenvalue weighted by molar-refractivity contribution is 5.71. The van der Waals surface area contributed by atoms with E-state index in [0.717, 1.165) is 31.7 Å². The van der Waals surface area contributed by atoms with Crippen LogP contribution in [-0.2, 0) is 9.53 Å². The van der Waals surface area contributed by atoms with Gasteiger partial charge in [-0.1, -0.05) is 18.2 Å². The first-order valence-electron chi connectivity index (χ1n) is 6.29. The number of hydrogen-bond acceptors (Lipinski definition) is 4. The van der Waals surface area contributed by atoms with Crippen LogP contribution < -0.4 is 4.74 Å². The van der Waals surface area contributed by atoms with Crippen LogP contribution in [0.5, 0.6) is 5.75 Å². The molecule has 0 aliphatic carbocycles. The summed E-state index contributed by atoms with van der Waals surface area (Å²) in [6, 6.07) is 9.87. The zero-order chi connectivity index (χ0) is 12.8. The summed E-state index contributed by atoms with van der Waals surface area (Å²) in [5, 5.41) is 0. The van der Waals surface area contributed by atoms with Gasteiger partial charge in [0.15, 0.2) is 0 Å². The molecule has 1 aliphatic heterocycles. The van der Waals surface area contributed by atoms with Crippen molar-refractivity contribution in [1.82, 2.24) is 4.90 Å². The van der Waals surface area contributed by atoms with E-state index in [1.165, 1.54) is 7.11 Å². The van der Waals surface area contributed by atoms with E-state index in [4.69, 9.17) is 4.74 Å². The Morgan fingerprint density at radius 2 is 1.94 bits per heavy atom. The molecule has 0 radical (unpaired) electrons. The second-order valence-electron chi connectivity index (χ2n) is 4.48. The Labute approximate surface area is 107 Å². The first-order valence-corrected chi connectivity index (χ1v) is 6.29. The highest BCUT2D eigenvalue weighted by atomic mass is 16.5. The summed E-state index contributed by atoms with van der Waals surface area (Å²) < 4.78 is 10.6. The van der Waals surface area contributed by atoms with Crippen LogP contribution in [0.3, 0.4) is 0 Å². The summed E-state index contributed by atoms with van der Waals surface area (Å²) in [7, 11) is 1.42. The third-order valence-electron chi connectivity index (χ3n) is 3.16. The molecule has 0 saturated carbocycles. The van der Waals surface area contributed by atoms with Crippen molar-refractivity contribution >= 4 is 5.97 Å². The number of methoxy groups -OCH3 is 1. The van der Waals surface area contributed by atoms with Gasteiger partial charge in [-0.2, -0.15) is 0 Å². The molecule has 0 N–H and O–H groups in total. The van der Waals surface area contributed by atoms with Gasteiger partial charge < -0.3 is 9.47 Å². The van der Waals surface area contributed by atoms with Gasteiger partial charge >= 0.3 is 5.97 Å². The monoisotopic (exact) mass is 249 g/mol. The van der Waals surface area contributed by atoms with Crippen LogP contribution in [0.4, 0.5) is 0 Å². The molecule has 1 aromatic rings. The molecule has 0 amide bonds. The van der Waals surface area contributed by atoms with Crippen LogP contribution in [0, 0.1) is 0 Å². The van der Waals surface area contributed by atoms with Crippen molar-refractivity contribution in [2.45, 2.75) is 18.9 Å². The van der Waals surface area contributed by atoms with E-state index in [1.54, 1.807) is 0 Å². The molecule has 1 heterocycles. The average Bonchev–Trinajstić information content (AvgIpc) is 2.42. The standard InChI is InChI=1S/C14H19NO3/c1-17-14(16)11-15-9-7-13(8-10-15)18-12-5-3-2-4-6-12/h2-6,13H,7-11H2,1H3. The first-order chi connectivity index (χ1) is 8.78. The van der Waals surface area contributed by atoms with Crippen molar-refractivity contribution in [3.05, 3.63) is 30.3 Å². The molecule has 1 fully saturated rings. The van der Waals surface area contributed by atoms with Gasteiger partial charge in [0.2, 0.25) is 0 Å². The van der Waals surface area contributed by atoms with E-state index in [9.17, 15) is 4.79 Å². The van der Waals surface area contributed by atoms with Crippen molar-refractivity contribution < 1.29 is 14.3 Å². The number of benzene rings is 1. The first kappa shape index (κ1) is 12.9. The Morgan fingerprint density at radius 3 is 2.56 bits per heavy atom. The summed E-state index contributed by atoms with van der Waals surface area (Å²) in [6.07, 6.45) is 2.15. The molecule has 2 rings (SSSR count). The largest absolute Gasteiger partial charge is 0.490 e. The molecule has 1 aliphatic rings. The predicted octanol–water partition coefficient (Wildman–Crippen LogP) is 1.70. The summed E-state index contributed by atoms with van der Waals surface area (Å²) in [4.78, 5) is 13.3. The molecule has 0 atom stereocenters. The van der Waals surface area contributed by atoms with Gasteiger partial charge in [0.05, 0.1) is 13.7 Å². The lowest BCUT2D eigenvalue weighted by atomic mass is 10.1. The van der Waals surface area contributed by atoms with Gasteiger partial charge in [-0.25, -0.2) is 0 Å². The third kappa shape index (κ3) is 3.74. The van der Waals surface area contributed by atoms with Crippen molar-refractivity contribution in [3.8, 4) is 5.75 Å². The van der Waals surface area contributed by atoms with E-state index in [2.05, 4.69) is 9.64 Å². The molecule has 4 heteroatoms. The van der Waals surface area contributed by atoms with Crippen molar-refractivity contribution in [3.63, 3.8) is 0 Å². The van der Waals surface area contributed by atoms with Gasteiger partial charge in [0, 0.05) is 13.1 Å². The average molecular weight is 249 g/mol. The lowest BCUT2D eigenvalue weighted by Gasteiger charge is -2.31. The smallest absolute Gasteiger partial charge is 0.319 e. The summed E-state index contributed by atoms with van der Waals surface area (Å²) in [5.41, 5.74) is 0. The number of piperidine rings is 1. The maximum atomic E-state index is 11.2. The van der Waals surface area contributed by atoms with Gasteiger partial charge in [0.1, 0.15) is 11.9 Å². The fourth-order valence-corrected chi connectivity index (χ4v) is 2.12. The molecule has 0 spiro atoms. The molecule has 0 aromatic heterocycles. The fraction of sp³-hybridized carbons (Fsp3) is 0.500. The lowest BCUT2D eigenvalue weighted by molar-refractivity contribution is -0.142. The Morgan fingerprint density at radius 1 is 1.28 bits per heavy atom. The number of ether oxygens (including phenoxy) is 2. The molecular weight excluding hydrogens is 230 g/mol. The van der Waals surface area contributed by atoms with Crippen molar-refractivity contribution in [1.29, 1.82) is 0 Å². The van der Waals surface area contributed by atoms with Crippen LogP contribution in [0.1, 0.15) is 12.8 Å². The van der Waals surface area contributed by atoms with Crippen molar-refractivity contribution in [2.24, 2.45) is 0 Å². The van der Waals surface area contributed by atoms with Crippen LogP contribution >= 0.6 is 0 Å². The molecule has 0 bridgehead atoms. The van der Waals surface area contributed by atoms with Gasteiger partial charge in [0.25, 0.3) is 0 Å². The van der Waals surface area contributed by atoms with E-state index in [1.807, 2.05) is 30.3 Å². The maximum absolute atomic E-state index is 11.2.